The smallest absolute Gasteiger partial charge is 0.267 e. The van der Waals surface area contributed by atoms with E-state index in [0.29, 0.717) is 11.4 Å². The Morgan fingerprint density at radius 3 is 1.00 bits per heavy atom. The van der Waals surface area contributed by atoms with Crippen molar-refractivity contribution >= 4 is 53.4 Å². The number of nitrogens with zero attached hydrogens (tertiary/aromatic N) is 2. The number of rotatable bonds is 2. The van der Waals surface area contributed by atoms with E-state index in [9.17, 15) is 19.2 Å². The summed E-state index contributed by atoms with van der Waals surface area (Å²) in [5.41, 5.74) is -1.42. The Bertz CT molecular complexity index is 1470. The Kier molecular flexibility index (Phi) is 4.23. The maximum Gasteiger partial charge on any atom is 0.267 e. The predicted octanol–water partition coefficient (Wildman–Crippen LogP) is 3.42. The van der Waals surface area contributed by atoms with Gasteiger partial charge in [0.1, 0.15) is 0 Å². The van der Waals surface area contributed by atoms with E-state index in [0.717, 1.165) is 9.13 Å². The Labute approximate surface area is 184 Å². The van der Waals surface area contributed by atoms with Crippen LogP contribution in [0.2, 0.25) is 0 Å². The molecule has 0 radical (unpaired) electrons. The van der Waals surface area contributed by atoms with Crippen molar-refractivity contribution in [2.24, 2.45) is 0 Å². The molecule has 30 heavy (non-hydrogen) atoms. The van der Waals surface area contributed by atoms with Gasteiger partial charge in [0.05, 0.1) is 32.9 Å². The number of aromatic nitrogens is 2. The van der Waals surface area contributed by atoms with Gasteiger partial charge in [0.25, 0.3) is 22.2 Å². The zero-order valence-corrected chi connectivity index (χ0v) is 18.2. The molecule has 2 aromatic heterocycles. The Hall–Kier alpha value is -3.10. The molecule has 0 saturated heterocycles. The molecule has 0 amide bonds. The number of hydrogen-bond acceptors (Lipinski definition) is 4. The second-order valence-electron chi connectivity index (χ2n) is 6.69. The van der Waals surface area contributed by atoms with E-state index in [2.05, 4.69) is 31.9 Å². The zero-order chi connectivity index (χ0) is 21.2. The van der Waals surface area contributed by atoms with E-state index < -0.39 is 22.2 Å². The molecule has 0 spiro atoms. The number of hydrogen-bond donors (Lipinski definition) is 0. The molecular weight excluding hydrogens is 516 g/mol. The summed E-state index contributed by atoms with van der Waals surface area (Å²) >= 11 is 6.67. The SMILES string of the molecule is O=c1c2c(Br)c3c(=O)n(-c4ccccc4)c(=O)c3c(Br)c2c(=O)n1-c1ccccc1. The van der Waals surface area contributed by atoms with Gasteiger partial charge in [-0.25, -0.2) is 9.13 Å². The van der Waals surface area contributed by atoms with Crippen LogP contribution in [-0.2, 0) is 0 Å². The molecule has 0 bridgehead atoms. The van der Waals surface area contributed by atoms with Gasteiger partial charge in [0, 0.05) is 8.95 Å². The molecule has 0 atom stereocenters. The van der Waals surface area contributed by atoms with E-state index in [1.807, 2.05) is 0 Å². The first-order valence-electron chi connectivity index (χ1n) is 8.86. The summed E-state index contributed by atoms with van der Waals surface area (Å²) in [6.45, 7) is 0. The summed E-state index contributed by atoms with van der Waals surface area (Å²) in [4.78, 5) is 52.7. The van der Waals surface area contributed by atoms with Crippen LogP contribution in [0.4, 0.5) is 0 Å². The van der Waals surface area contributed by atoms with Crippen LogP contribution in [0.1, 0.15) is 0 Å². The lowest BCUT2D eigenvalue weighted by atomic mass is 10.1. The molecule has 6 nitrogen and oxygen atoms in total. The minimum atomic E-state index is -0.560. The molecule has 0 N–H and O–H groups in total. The molecule has 5 rings (SSSR count). The summed E-state index contributed by atoms with van der Waals surface area (Å²) in [7, 11) is 0. The summed E-state index contributed by atoms with van der Waals surface area (Å²) in [5, 5.41) is 0.243. The minimum absolute atomic E-state index is 0.0607. The highest BCUT2D eigenvalue weighted by molar-refractivity contribution is 9.11. The van der Waals surface area contributed by atoms with Crippen LogP contribution in [0.5, 0.6) is 0 Å². The highest BCUT2D eigenvalue weighted by Crippen LogP contribution is 2.34. The molecular formula is C22H10Br2N2O4. The van der Waals surface area contributed by atoms with Gasteiger partial charge in [0.2, 0.25) is 0 Å². The Morgan fingerprint density at radius 1 is 0.467 bits per heavy atom. The van der Waals surface area contributed by atoms with E-state index in [1.54, 1.807) is 60.7 Å². The predicted molar refractivity (Wildman–Crippen MR) is 123 cm³/mol. The number of halogens is 2. The first kappa shape index (κ1) is 18.9. The van der Waals surface area contributed by atoms with Crippen LogP contribution in [0.25, 0.3) is 32.9 Å². The standard InChI is InChI=1S/C22H10Br2N2O4/c23-17-13-14(20(28)25(19(13)27)11-7-3-1-4-8-11)18(24)16-15(17)21(29)26(22(16)30)12-9-5-2-6-10-12/h1-10H. The summed E-state index contributed by atoms with van der Waals surface area (Å²) in [6.07, 6.45) is 0. The lowest BCUT2D eigenvalue weighted by Crippen LogP contribution is -2.24. The van der Waals surface area contributed by atoms with Crippen LogP contribution in [-0.4, -0.2) is 9.13 Å². The fourth-order valence-corrected chi connectivity index (χ4v) is 5.22. The van der Waals surface area contributed by atoms with Crippen LogP contribution in [0.3, 0.4) is 0 Å². The minimum Gasteiger partial charge on any atom is -0.268 e. The van der Waals surface area contributed by atoms with Gasteiger partial charge in [0.15, 0.2) is 0 Å². The number of para-hydroxylation sites is 2. The van der Waals surface area contributed by atoms with Gasteiger partial charge in [-0.2, -0.15) is 0 Å². The van der Waals surface area contributed by atoms with Gasteiger partial charge in [-0.3, -0.25) is 19.2 Å². The monoisotopic (exact) mass is 524 g/mol. The molecule has 3 aromatic carbocycles. The molecule has 2 heterocycles. The second-order valence-corrected chi connectivity index (χ2v) is 8.28. The highest BCUT2D eigenvalue weighted by atomic mass is 79.9. The van der Waals surface area contributed by atoms with Crippen molar-refractivity contribution in [2.75, 3.05) is 0 Å². The lowest BCUT2D eigenvalue weighted by Gasteiger charge is -1.98. The zero-order valence-electron chi connectivity index (χ0n) is 15.1. The second kappa shape index (κ2) is 6.72. The topological polar surface area (TPSA) is 78.1 Å². The van der Waals surface area contributed by atoms with Gasteiger partial charge >= 0.3 is 0 Å². The van der Waals surface area contributed by atoms with Crippen LogP contribution in [0, 0.1) is 0 Å². The quantitative estimate of drug-likeness (QED) is 0.354. The van der Waals surface area contributed by atoms with Gasteiger partial charge in [-0.05, 0) is 56.1 Å². The van der Waals surface area contributed by atoms with Crippen LogP contribution < -0.4 is 22.2 Å². The van der Waals surface area contributed by atoms with Gasteiger partial charge < -0.3 is 0 Å². The third kappa shape index (κ3) is 2.41. The number of benzene rings is 3. The van der Waals surface area contributed by atoms with Gasteiger partial charge in [-0.15, -0.1) is 0 Å². The van der Waals surface area contributed by atoms with Crippen molar-refractivity contribution in [3.63, 3.8) is 0 Å². The van der Waals surface area contributed by atoms with Crippen molar-refractivity contribution in [1.29, 1.82) is 0 Å². The molecule has 0 aliphatic rings. The van der Waals surface area contributed by atoms with Crippen molar-refractivity contribution in [1.82, 2.24) is 9.13 Å². The summed E-state index contributed by atoms with van der Waals surface area (Å²) in [6, 6.07) is 17.0. The molecule has 8 heteroatoms. The van der Waals surface area contributed by atoms with Crippen molar-refractivity contribution in [3.05, 3.63) is 111 Å². The largest absolute Gasteiger partial charge is 0.268 e. The highest BCUT2D eigenvalue weighted by Gasteiger charge is 2.27. The van der Waals surface area contributed by atoms with Crippen molar-refractivity contribution in [3.8, 4) is 11.4 Å². The Balaban J connectivity index is 2.01. The molecule has 0 saturated carbocycles. The first-order valence-corrected chi connectivity index (χ1v) is 10.4. The first-order chi connectivity index (χ1) is 14.4. The van der Waals surface area contributed by atoms with Gasteiger partial charge in [-0.1, -0.05) is 36.4 Å². The number of fused-ring (bicyclic) bond motifs is 2. The third-order valence-corrected chi connectivity index (χ3v) is 6.66. The summed E-state index contributed by atoms with van der Waals surface area (Å²) in [5.74, 6) is 0. The van der Waals surface area contributed by atoms with Crippen molar-refractivity contribution in [2.45, 2.75) is 0 Å². The van der Waals surface area contributed by atoms with E-state index in [-0.39, 0.29) is 30.5 Å². The molecule has 0 unspecified atom stereocenters. The fraction of sp³-hybridized carbons (Fsp3) is 0. The molecule has 0 fully saturated rings. The van der Waals surface area contributed by atoms with E-state index in [1.165, 1.54) is 0 Å². The van der Waals surface area contributed by atoms with Crippen LogP contribution in [0.15, 0.2) is 88.8 Å². The Morgan fingerprint density at radius 2 is 0.733 bits per heavy atom. The molecule has 0 aliphatic heterocycles. The van der Waals surface area contributed by atoms with Crippen molar-refractivity contribution < 1.29 is 0 Å². The maximum absolute atomic E-state index is 13.2. The normalized spacial score (nSPS) is 11.5. The molecule has 5 aromatic rings. The maximum atomic E-state index is 13.2. The average molecular weight is 526 g/mol. The van der Waals surface area contributed by atoms with Crippen LogP contribution >= 0.6 is 31.9 Å². The van der Waals surface area contributed by atoms with E-state index in [4.69, 9.17) is 0 Å². The summed E-state index contributed by atoms with van der Waals surface area (Å²) < 4.78 is 2.37. The molecule has 146 valence electrons. The molecule has 0 aliphatic carbocycles. The average Bonchev–Trinajstić information content (AvgIpc) is 3.17. The lowest BCUT2D eigenvalue weighted by molar-refractivity contribution is 0.987. The van der Waals surface area contributed by atoms with E-state index >= 15 is 0 Å². The third-order valence-electron chi connectivity index (χ3n) is 5.07. The fourth-order valence-electron chi connectivity index (χ4n) is 3.75.